The number of alkyl halides is 3. The van der Waals surface area contributed by atoms with E-state index in [-0.39, 0.29) is 5.41 Å². The van der Waals surface area contributed by atoms with E-state index < -0.39 is 34.4 Å². The fraction of sp³-hybridized carbons (Fsp3) is 0.400. The summed E-state index contributed by atoms with van der Waals surface area (Å²) in [5.74, 6) is -1.54. The topological polar surface area (TPSA) is 77.9 Å². The fourth-order valence-electron chi connectivity index (χ4n) is 3.35. The van der Waals surface area contributed by atoms with Crippen molar-refractivity contribution in [1.29, 1.82) is 0 Å². The maximum Gasteiger partial charge on any atom is 0.417 e. The number of halogens is 4. The number of esters is 1. The molecule has 0 unspecified atom stereocenters. The van der Waals surface area contributed by atoms with Crippen molar-refractivity contribution in [2.45, 2.75) is 37.1 Å². The maximum absolute atomic E-state index is 12.8. The molecule has 0 fully saturated rings. The predicted octanol–water partition coefficient (Wildman–Crippen LogP) is 5.86. The summed E-state index contributed by atoms with van der Waals surface area (Å²) in [6.07, 6.45) is -1.24. The molecule has 0 spiro atoms. The molecule has 0 N–H and O–H groups in total. The molecule has 0 amide bonds. The number of carbonyl (C=O) groups excluding carboxylic acids is 2. The van der Waals surface area contributed by atoms with Crippen LogP contribution in [0.2, 0.25) is 5.02 Å². The number of hydrogen-bond acceptors (Lipinski definition) is 8. The number of methoxy groups -OCH3 is 1. The molecule has 0 radical (unpaired) electrons. The molecule has 32 heavy (non-hydrogen) atoms. The number of fused-ring (bicyclic) bond motifs is 1. The Morgan fingerprint density at radius 1 is 1.28 bits per heavy atom. The van der Waals surface area contributed by atoms with E-state index in [4.69, 9.17) is 21.2 Å². The van der Waals surface area contributed by atoms with Gasteiger partial charge in [0, 0.05) is 11.8 Å². The number of rotatable bonds is 4. The van der Waals surface area contributed by atoms with E-state index in [1.54, 1.807) is 0 Å². The van der Waals surface area contributed by atoms with Crippen molar-refractivity contribution in [3.8, 4) is 0 Å². The molecule has 2 heterocycles. The van der Waals surface area contributed by atoms with Gasteiger partial charge in [-0.05, 0) is 36.1 Å². The van der Waals surface area contributed by atoms with Gasteiger partial charge in [0.05, 0.1) is 27.6 Å². The summed E-state index contributed by atoms with van der Waals surface area (Å²) in [5, 5.41) is 3.51. The largest absolute Gasteiger partial charge is 0.465 e. The van der Waals surface area contributed by atoms with Gasteiger partial charge in [0.2, 0.25) is 0 Å². The lowest BCUT2D eigenvalue weighted by atomic mass is 9.74. The minimum absolute atomic E-state index is 0.290. The molecule has 0 aromatic carbocycles. The molecule has 1 aliphatic rings. The molecule has 1 aliphatic carbocycles. The van der Waals surface area contributed by atoms with Crippen LogP contribution in [0.25, 0.3) is 0 Å². The summed E-state index contributed by atoms with van der Waals surface area (Å²) in [5.41, 5.74) is 0.0715. The molecule has 3 rings (SSSR count). The van der Waals surface area contributed by atoms with E-state index in [0.29, 0.717) is 41.3 Å². The van der Waals surface area contributed by atoms with Crippen LogP contribution >= 0.6 is 34.7 Å². The standard InChI is InChI=1S/C20H18ClF3N2O4S2/c1-19(2)6-10-13(18(31-4)32-15(10)17(28)29-3)12(7-19)26-30-16(27)14-11(21)5-9(8-25-14)20(22,23)24/h5,8H,6-7H2,1-4H3. The smallest absolute Gasteiger partial charge is 0.417 e. The fourth-order valence-corrected chi connectivity index (χ4v) is 5.61. The van der Waals surface area contributed by atoms with Gasteiger partial charge in [0.25, 0.3) is 0 Å². The normalized spacial score (nSPS) is 16.6. The highest BCUT2D eigenvalue weighted by Crippen LogP contribution is 2.45. The first kappa shape index (κ1) is 24.5. The SMILES string of the molecule is COC(=O)c1sc(SC)c2c1CC(C)(C)CC2=NOC(=O)c1ncc(C(F)(F)F)cc1Cl. The van der Waals surface area contributed by atoms with Crippen molar-refractivity contribution in [1.82, 2.24) is 4.98 Å². The van der Waals surface area contributed by atoms with Crippen molar-refractivity contribution >= 4 is 52.3 Å². The quantitative estimate of drug-likeness (QED) is 0.224. The van der Waals surface area contributed by atoms with Crippen molar-refractivity contribution in [2.75, 3.05) is 13.4 Å². The van der Waals surface area contributed by atoms with Crippen molar-refractivity contribution < 1.29 is 32.3 Å². The Morgan fingerprint density at radius 2 is 1.97 bits per heavy atom. The lowest BCUT2D eigenvalue weighted by Crippen LogP contribution is -2.28. The number of thiophene rings is 1. The molecule has 2 aromatic heterocycles. The molecule has 0 bridgehead atoms. The molecule has 6 nitrogen and oxygen atoms in total. The Hall–Kier alpha value is -2.11. The highest BCUT2D eigenvalue weighted by atomic mass is 35.5. The summed E-state index contributed by atoms with van der Waals surface area (Å²) < 4.78 is 44.1. The second-order valence-corrected chi connectivity index (χ2v) is 10.3. The van der Waals surface area contributed by atoms with Crippen LogP contribution in [0.4, 0.5) is 13.2 Å². The summed E-state index contributed by atoms with van der Waals surface area (Å²) >= 11 is 8.51. The summed E-state index contributed by atoms with van der Waals surface area (Å²) in [4.78, 5) is 33.7. The second kappa shape index (κ2) is 9.03. The third kappa shape index (κ3) is 4.94. The van der Waals surface area contributed by atoms with Crippen molar-refractivity contribution in [3.05, 3.63) is 44.5 Å². The lowest BCUT2D eigenvalue weighted by Gasteiger charge is -2.31. The number of thioether (sulfide) groups is 1. The number of nitrogens with zero attached hydrogens (tertiary/aromatic N) is 2. The van der Waals surface area contributed by atoms with Gasteiger partial charge in [0.1, 0.15) is 4.88 Å². The van der Waals surface area contributed by atoms with Gasteiger partial charge in [-0.1, -0.05) is 30.6 Å². The van der Waals surface area contributed by atoms with Gasteiger partial charge in [-0.3, -0.25) is 0 Å². The van der Waals surface area contributed by atoms with Gasteiger partial charge >= 0.3 is 18.1 Å². The lowest BCUT2D eigenvalue weighted by molar-refractivity contribution is -0.137. The molecular formula is C20H18ClF3N2O4S2. The van der Waals surface area contributed by atoms with E-state index in [1.807, 2.05) is 20.1 Å². The van der Waals surface area contributed by atoms with Crippen molar-refractivity contribution in [3.63, 3.8) is 0 Å². The number of oxime groups is 1. The zero-order valence-corrected chi connectivity index (χ0v) is 19.8. The third-order valence-electron chi connectivity index (χ3n) is 4.72. The monoisotopic (exact) mass is 506 g/mol. The van der Waals surface area contributed by atoms with Crippen LogP contribution in [-0.4, -0.2) is 36.0 Å². The highest BCUT2D eigenvalue weighted by molar-refractivity contribution is 8.00. The first-order chi connectivity index (χ1) is 14.9. The molecule has 2 aromatic rings. The van der Waals surface area contributed by atoms with E-state index in [0.717, 1.165) is 9.77 Å². The first-order valence-corrected chi connectivity index (χ1v) is 11.6. The van der Waals surface area contributed by atoms with Crippen molar-refractivity contribution in [2.24, 2.45) is 10.6 Å². The Labute approximate surface area is 195 Å². The van der Waals surface area contributed by atoms with E-state index >= 15 is 0 Å². The molecular weight excluding hydrogens is 489 g/mol. The van der Waals surface area contributed by atoms with Gasteiger partial charge in [0.15, 0.2) is 5.69 Å². The van der Waals surface area contributed by atoms with E-state index in [2.05, 4.69) is 10.1 Å². The average Bonchev–Trinajstić information content (AvgIpc) is 3.07. The number of ether oxygens (including phenoxy) is 1. The van der Waals surface area contributed by atoms with Gasteiger partial charge < -0.3 is 9.57 Å². The van der Waals surface area contributed by atoms with Gasteiger partial charge in [-0.2, -0.15) is 13.2 Å². The minimum Gasteiger partial charge on any atom is -0.465 e. The van der Waals surface area contributed by atoms with Gasteiger partial charge in [-0.15, -0.1) is 23.1 Å². The molecule has 172 valence electrons. The van der Waals surface area contributed by atoms with Crippen LogP contribution in [0.3, 0.4) is 0 Å². The van der Waals surface area contributed by atoms with Crippen LogP contribution in [0, 0.1) is 5.41 Å². The Kier molecular flexibility index (Phi) is 6.92. The van der Waals surface area contributed by atoms with Crippen LogP contribution in [0.1, 0.15) is 57.1 Å². The van der Waals surface area contributed by atoms with Crippen LogP contribution in [0.5, 0.6) is 0 Å². The third-order valence-corrected chi connectivity index (χ3v) is 7.34. The zero-order chi connectivity index (χ0) is 23.8. The van der Waals surface area contributed by atoms with E-state index in [1.165, 1.54) is 30.2 Å². The Balaban J connectivity index is 1.97. The molecule has 0 saturated heterocycles. The predicted molar refractivity (Wildman–Crippen MR) is 116 cm³/mol. The molecule has 0 aliphatic heterocycles. The number of pyridine rings is 1. The summed E-state index contributed by atoms with van der Waals surface area (Å²) in [7, 11) is 1.30. The Morgan fingerprint density at radius 3 is 2.53 bits per heavy atom. The van der Waals surface area contributed by atoms with E-state index in [9.17, 15) is 22.8 Å². The zero-order valence-electron chi connectivity index (χ0n) is 17.4. The Bertz CT molecular complexity index is 1110. The molecule has 0 atom stereocenters. The molecule has 0 saturated carbocycles. The number of aromatic nitrogens is 1. The first-order valence-electron chi connectivity index (χ1n) is 9.17. The second-order valence-electron chi connectivity index (χ2n) is 7.75. The summed E-state index contributed by atoms with van der Waals surface area (Å²) in [6, 6.07) is 0.605. The summed E-state index contributed by atoms with van der Waals surface area (Å²) in [6.45, 7) is 3.97. The number of carbonyl (C=O) groups is 2. The molecule has 12 heteroatoms. The highest BCUT2D eigenvalue weighted by Gasteiger charge is 2.37. The average molecular weight is 507 g/mol. The van der Waals surface area contributed by atoms with Gasteiger partial charge in [-0.25, -0.2) is 14.6 Å². The van der Waals surface area contributed by atoms with Crippen LogP contribution in [-0.2, 0) is 22.2 Å². The van der Waals surface area contributed by atoms with Crippen LogP contribution < -0.4 is 0 Å². The van der Waals surface area contributed by atoms with Crippen LogP contribution in [0.15, 0.2) is 21.6 Å². The number of hydrogen-bond donors (Lipinski definition) is 0. The maximum atomic E-state index is 12.8. The minimum atomic E-state index is -4.64.